The maximum Gasteiger partial charge on any atom is 0.490 e. The summed E-state index contributed by atoms with van der Waals surface area (Å²) >= 11 is 0. The molecule has 3 heterocycles. The predicted molar refractivity (Wildman–Crippen MR) is 103 cm³/mol. The van der Waals surface area contributed by atoms with Gasteiger partial charge in [-0.3, -0.25) is 9.78 Å². The number of likely N-dealkylation sites (tertiary alicyclic amines) is 1. The first-order chi connectivity index (χ1) is 14.0. The fourth-order valence-corrected chi connectivity index (χ4v) is 3.55. The third-order valence-corrected chi connectivity index (χ3v) is 5.57. The number of fused-ring (bicyclic) bond motifs is 1. The zero-order chi connectivity index (χ0) is 22.5. The molecule has 3 atom stereocenters. The second kappa shape index (κ2) is 10.2. The predicted octanol–water partition coefficient (Wildman–Crippen LogP) is 2.53. The molecule has 2 aliphatic heterocycles. The Morgan fingerprint density at radius 1 is 1.37 bits per heavy atom. The first kappa shape index (κ1) is 24.1. The number of ether oxygens (including phenoxy) is 1. The number of amides is 1. The van der Waals surface area contributed by atoms with Gasteiger partial charge in [-0.25, -0.2) is 4.79 Å². The van der Waals surface area contributed by atoms with Crippen LogP contribution in [-0.2, 0) is 9.53 Å². The van der Waals surface area contributed by atoms with E-state index in [1.807, 2.05) is 17.0 Å². The fourth-order valence-electron chi connectivity index (χ4n) is 3.55. The van der Waals surface area contributed by atoms with Gasteiger partial charge in [0.1, 0.15) is 5.69 Å². The molecule has 0 radical (unpaired) electrons. The van der Waals surface area contributed by atoms with Crippen LogP contribution in [0.15, 0.2) is 24.4 Å². The average molecular weight is 431 g/mol. The van der Waals surface area contributed by atoms with Crippen molar-refractivity contribution in [2.75, 3.05) is 33.3 Å². The molecule has 1 aromatic rings. The molecular formula is C20H28F3N3O4. The van der Waals surface area contributed by atoms with Gasteiger partial charge in [0.05, 0.1) is 12.7 Å². The second-order valence-electron chi connectivity index (χ2n) is 7.89. The van der Waals surface area contributed by atoms with Crippen molar-refractivity contribution in [1.82, 2.24) is 14.8 Å². The van der Waals surface area contributed by atoms with Crippen LogP contribution in [0.4, 0.5) is 13.2 Å². The van der Waals surface area contributed by atoms with E-state index in [0.29, 0.717) is 23.6 Å². The van der Waals surface area contributed by atoms with E-state index >= 15 is 0 Å². The quantitative estimate of drug-likeness (QED) is 0.789. The topological polar surface area (TPSA) is 83.0 Å². The smallest absolute Gasteiger partial charge is 0.475 e. The summed E-state index contributed by atoms with van der Waals surface area (Å²) in [6.07, 6.45) is -2.14. The molecule has 10 heteroatoms. The van der Waals surface area contributed by atoms with Gasteiger partial charge in [0.15, 0.2) is 0 Å². The molecule has 2 aliphatic rings. The molecule has 0 unspecified atom stereocenters. The molecule has 2 saturated heterocycles. The van der Waals surface area contributed by atoms with Gasteiger partial charge in [-0.05, 0) is 45.4 Å². The first-order valence-corrected chi connectivity index (χ1v) is 9.83. The molecule has 7 nitrogen and oxygen atoms in total. The number of nitrogens with zero attached hydrogens (tertiary/aromatic N) is 3. The van der Waals surface area contributed by atoms with Crippen molar-refractivity contribution < 1.29 is 32.6 Å². The normalized spacial score (nSPS) is 23.7. The summed E-state index contributed by atoms with van der Waals surface area (Å²) in [6.45, 7) is 7.77. The van der Waals surface area contributed by atoms with Crippen LogP contribution in [-0.4, -0.2) is 83.4 Å². The molecule has 0 bridgehead atoms. The van der Waals surface area contributed by atoms with E-state index in [1.54, 1.807) is 12.3 Å². The number of carboxylic acid groups (broad SMARTS) is 1. The molecule has 1 amide bonds. The second-order valence-corrected chi connectivity index (χ2v) is 7.89. The number of carbonyl (C=O) groups is 2. The van der Waals surface area contributed by atoms with Crippen molar-refractivity contribution >= 4 is 11.9 Å². The Morgan fingerprint density at radius 2 is 2.03 bits per heavy atom. The van der Waals surface area contributed by atoms with Crippen molar-refractivity contribution in [1.29, 1.82) is 0 Å². The van der Waals surface area contributed by atoms with Crippen LogP contribution < -0.4 is 0 Å². The highest BCUT2D eigenvalue weighted by Gasteiger charge is 2.42. The Kier molecular flexibility index (Phi) is 8.19. The summed E-state index contributed by atoms with van der Waals surface area (Å²) < 4.78 is 37.8. The average Bonchev–Trinajstić information content (AvgIpc) is 3.09. The van der Waals surface area contributed by atoms with E-state index in [1.165, 1.54) is 0 Å². The lowest BCUT2D eigenvalue weighted by Crippen LogP contribution is -2.47. The summed E-state index contributed by atoms with van der Waals surface area (Å²) in [5.41, 5.74) is 0.542. The monoisotopic (exact) mass is 431 g/mol. The number of aromatic nitrogens is 1. The maximum absolute atomic E-state index is 12.6. The number of likely N-dealkylation sites (N-methyl/N-ethyl adjacent to an activating group) is 1. The molecule has 3 rings (SSSR count). The van der Waals surface area contributed by atoms with Crippen LogP contribution in [0.1, 0.15) is 30.8 Å². The lowest BCUT2D eigenvalue weighted by Gasteiger charge is -2.37. The summed E-state index contributed by atoms with van der Waals surface area (Å²) in [4.78, 5) is 30.0. The van der Waals surface area contributed by atoms with Crippen LogP contribution in [0.2, 0.25) is 0 Å². The number of alkyl halides is 3. The molecule has 1 aromatic heterocycles. The summed E-state index contributed by atoms with van der Waals surface area (Å²) in [5, 5.41) is 7.12. The number of rotatable bonds is 4. The number of carbonyl (C=O) groups excluding carboxylic acids is 1. The Morgan fingerprint density at radius 3 is 2.57 bits per heavy atom. The minimum absolute atomic E-state index is 0.0481. The fraction of sp³-hybridized carbons (Fsp3) is 0.650. The highest BCUT2D eigenvalue weighted by Crippen LogP contribution is 2.35. The van der Waals surface area contributed by atoms with Gasteiger partial charge in [0.25, 0.3) is 5.91 Å². The lowest BCUT2D eigenvalue weighted by atomic mass is 9.84. The maximum atomic E-state index is 12.6. The number of hydrogen-bond donors (Lipinski definition) is 1. The van der Waals surface area contributed by atoms with Crippen LogP contribution in [0.5, 0.6) is 0 Å². The van der Waals surface area contributed by atoms with Gasteiger partial charge >= 0.3 is 12.1 Å². The Balaban J connectivity index is 0.000000396. The van der Waals surface area contributed by atoms with E-state index in [2.05, 4.69) is 30.8 Å². The Labute approximate surface area is 173 Å². The first-order valence-electron chi connectivity index (χ1n) is 9.83. The van der Waals surface area contributed by atoms with Gasteiger partial charge in [0.2, 0.25) is 0 Å². The summed E-state index contributed by atoms with van der Waals surface area (Å²) in [6, 6.07) is 6.01. The van der Waals surface area contributed by atoms with Gasteiger partial charge in [-0.15, -0.1) is 0 Å². The number of aliphatic carboxylic acids is 1. The number of pyridine rings is 1. The number of carboxylic acids is 1. The van der Waals surface area contributed by atoms with Crippen LogP contribution >= 0.6 is 0 Å². The van der Waals surface area contributed by atoms with Gasteiger partial charge in [-0.1, -0.05) is 6.07 Å². The number of piperidine rings is 1. The molecule has 2 fully saturated rings. The highest BCUT2D eigenvalue weighted by atomic mass is 19.4. The van der Waals surface area contributed by atoms with E-state index in [-0.39, 0.29) is 12.0 Å². The molecule has 168 valence electrons. The van der Waals surface area contributed by atoms with Gasteiger partial charge < -0.3 is 19.6 Å². The highest BCUT2D eigenvalue weighted by molar-refractivity contribution is 5.92. The molecule has 0 aliphatic carbocycles. The van der Waals surface area contributed by atoms with E-state index in [4.69, 9.17) is 14.6 Å². The van der Waals surface area contributed by atoms with Crippen molar-refractivity contribution in [2.45, 2.75) is 38.6 Å². The number of hydrogen-bond acceptors (Lipinski definition) is 5. The van der Waals surface area contributed by atoms with Crippen molar-refractivity contribution in [3.05, 3.63) is 30.1 Å². The Bertz CT molecular complexity index is 715. The molecule has 0 saturated carbocycles. The van der Waals surface area contributed by atoms with E-state index in [0.717, 1.165) is 32.7 Å². The van der Waals surface area contributed by atoms with Crippen LogP contribution in [0, 0.1) is 11.8 Å². The zero-order valence-corrected chi connectivity index (χ0v) is 17.3. The number of halogens is 3. The van der Waals surface area contributed by atoms with E-state index < -0.39 is 12.1 Å². The summed E-state index contributed by atoms with van der Waals surface area (Å²) in [5.74, 6) is -1.68. The standard InChI is InChI=1S/C18H27N3O2.C2HF3O2/c1-13(2)20(3)11-17-15-10-21(9-7-14(15)12-23-17)18(22)16-6-4-5-8-19-16;3-2(4,5)1(6)7/h4-6,8,13-15,17H,7,9-12H2,1-3H3;(H,6,7)/t14-,15-,17+;/m0./s1. The van der Waals surface area contributed by atoms with E-state index in [9.17, 15) is 18.0 Å². The third kappa shape index (κ3) is 6.40. The minimum Gasteiger partial charge on any atom is -0.475 e. The molecule has 30 heavy (non-hydrogen) atoms. The summed E-state index contributed by atoms with van der Waals surface area (Å²) in [7, 11) is 2.14. The van der Waals surface area contributed by atoms with Crippen LogP contribution in [0.25, 0.3) is 0 Å². The Hall–Kier alpha value is -2.20. The molecular weight excluding hydrogens is 403 g/mol. The van der Waals surface area contributed by atoms with Gasteiger partial charge in [0, 0.05) is 37.8 Å². The largest absolute Gasteiger partial charge is 0.490 e. The molecule has 1 N–H and O–H groups in total. The SMILES string of the molecule is CC(C)N(C)C[C@H]1OC[C@@H]2CCN(C(=O)c3ccccn3)C[C@@H]21.O=C(O)C(F)(F)F. The molecule has 0 spiro atoms. The minimum atomic E-state index is -5.08. The molecule has 0 aromatic carbocycles. The lowest BCUT2D eigenvalue weighted by molar-refractivity contribution is -0.192. The van der Waals surface area contributed by atoms with Crippen molar-refractivity contribution in [3.8, 4) is 0 Å². The zero-order valence-electron chi connectivity index (χ0n) is 17.3. The van der Waals surface area contributed by atoms with Gasteiger partial charge in [-0.2, -0.15) is 13.2 Å². The van der Waals surface area contributed by atoms with Crippen molar-refractivity contribution in [3.63, 3.8) is 0 Å². The van der Waals surface area contributed by atoms with Crippen LogP contribution in [0.3, 0.4) is 0 Å². The third-order valence-electron chi connectivity index (χ3n) is 5.57. The van der Waals surface area contributed by atoms with Crippen molar-refractivity contribution in [2.24, 2.45) is 11.8 Å².